The normalized spacial score (nSPS) is 10.8. The molecular formula is C18H17N. The van der Waals surface area contributed by atoms with Gasteiger partial charge in [0.25, 0.3) is 0 Å². The Morgan fingerprint density at radius 3 is 1.05 bits per heavy atom. The Morgan fingerprint density at radius 2 is 0.789 bits per heavy atom. The van der Waals surface area contributed by atoms with Gasteiger partial charge in [0.1, 0.15) is 0 Å². The summed E-state index contributed by atoms with van der Waals surface area (Å²) in [5, 5.41) is 10.9. The third-order valence-corrected chi connectivity index (χ3v) is 3.39. The van der Waals surface area contributed by atoms with E-state index in [0.717, 1.165) is 0 Å². The largest absolute Gasteiger partial charge is 0.323 e. The van der Waals surface area contributed by atoms with E-state index >= 15 is 0 Å². The standard InChI is InChI=1S/C16H10.C2H7N/c1-3-11-7-9-13-5-2-6-14-10-8-12(4-1)15(11)16(13)14;1-3-2/h1-10H;3H,1-2H3. The number of hydrogen-bond donors (Lipinski definition) is 1. The predicted molar refractivity (Wildman–Crippen MR) is 85.1 cm³/mol. The summed E-state index contributed by atoms with van der Waals surface area (Å²) in [5.74, 6) is 0. The van der Waals surface area contributed by atoms with E-state index in [0.29, 0.717) is 0 Å². The van der Waals surface area contributed by atoms with Crippen molar-refractivity contribution in [2.24, 2.45) is 0 Å². The number of rotatable bonds is 0. The van der Waals surface area contributed by atoms with Crippen LogP contribution in [0.5, 0.6) is 0 Å². The smallest absolute Gasteiger partial charge is 0.00268 e. The number of hydrogen-bond acceptors (Lipinski definition) is 1. The van der Waals surface area contributed by atoms with Gasteiger partial charge in [0.2, 0.25) is 0 Å². The van der Waals surface area contributed by atoms with E-state index in [1.807, 2.05) is 14.1 Å². The number of nitrogens with one attached hydrogen (secondary N) is 1. The predicted octanol–water partition coefficient (Wildman–Crippen LogP) is 4.42. The quantitative estimate of drug-likeness (QED) is 0.454. The SMILES string of the molecule is CNC.c1cc2ccc3cccc4ccc(c1)c2c34. The molecule has 0 aliphatic carbocycles. The van der Waals surface area contributed by atoms with E-state index in [4.69, 9.17) is 0 Å². The van der Waals surface area contributed by atoms with Gasteiger partial charge < -0.3 is 5.32 Å². The topological polar surface area (TPSA) is 12.0 Å². The zero-order valence-corrected chi connectivity index (χ0v) is 11.3. The molecule has 4 rings (SSSR count). The van der Waals surface area contributed by atoms with Crippen LogP contribution in [0.4, 0.5) is 0 Å². The van der Waals surface area contributed by atoms with Crippen LogP contribution >= 0.6 is 0 Å². The van der Waals surface area contributed by atoms with E-state index in [-0.39, 0.29) is 0 Å². The molecule has 19 heavy (non-hydrogen) atoms. The summed E-state index contributed by atoms with van der Waals surface area (Å²) >= 11 is 0. The highest BCUT2D eigenvalue weighted by Crippen LogP contribution is 2.33. The highest BCUT2D eigenvalue weighted by Gasteiger charge is 2.05. The van der Waals surface area contributed by atoms with E-state index in [9.17, 15) is 0 Å². The van der Waals surface area contributed by atoms with Gasteiger partial charge in [-0.15, -0.1) is 0 Å². The fraction of sp³-hybridized carbons (Fsp3) is 0.111. The van der Waals surface area contributed by atoms with Gasteiger partial charge in [0.05, 0.1) is 0 Å². The maximum atomic E-state index is 2.75. The maximum absolute atomic E-state index is 2.75. The third kappa shape index (κ3) is 1.92. The van der Waals surface area contributed by atoms with Crippen LogP contribution in [-0.4, -0.2) is 14.1 Å². The van der Waals surface area contributed by atoms with E-state index in [1.54, 1.807) is 0 Å². The molecule has 1 N–H and O–H groups in total. The Hall–Kier alpha value is -2.12. The summed E-state index contributed by atoms with van der Waals surface area (Å²) in [6.45, 7) is 0. The van der Waals surface area contributed by atoms with Crippen molar-refractivity contribution in [3.8, 4) is 0 Å². The van der Waals surface area contributed by atoms with E-state index in [1.165, 1.54) is 32.3 Å². The first-order valence-electron chi connectivity index (χ1n) is 6.56. The highest BCUT2D eigenvalue weighted by atomic mass is 14.7. The van der Waals surface area contributed by atoms with Crippen molar-refractivity contribution in [3.05, 3.63) is 60.7 Å². The van der Waals surface area contributed by atoms with Crippen LogP contribution in [0, 0.1) is 0 Å². The Labute approximate surface area is 113 Å². The van der Waals surface area contributed by atoms with Crippen molar-refractivity contribution in [2.45, 2.75) is 0 Å². The summed E-state index contributed by atoms with van der Waals surface area (Å²) < 4.78 is 0. The minimum atomic E-state index is 1.34. The maximum Gasteiger partial charge on any atom is -0.00268 e. The van der Waals surface area contributed by atoms with Crippen molar-refractivity contribution >= 4 is 32.3 Å². The summed E-state index contributed by atoms with van der Waals surface area (Å²) in [6.07, 6.45) is 0. The molecule has 0 amide bonds. The Balaban J connectivity index is 0.000000339. The molecule has 4 aromatic rings. The van der Waals surface area contributed by atoms with Crippen LogP contribution in [0.25, 0.3) is 32.3 Å². The molecule has 0 saturated carbocycles. The lowest BCUT2D eigenvalue weighted by molar-refractivity contribution is 1.02. The van der Waals surface area contributed by atoms with Crippen molar-refractivity contribution < 1.29 is 0 Å². The molecule has 1 heteroatoms. The Kier molecular flexibility index (Phi) is 3.06. The zero-order chi connectivity index (χ0) is 13.2. The van der Waals surface area contributed by atoms with Crippen molar-refractivity contribution in [1.29, 1.82) is 0 Å². The molecule has 0 spiro atoms. The van der Waals surface area contributed by atoms with Gasteiger partial charge in [0.15, 0.2) is 0 Å². The second kappa shape index (κ2) is 4.87. The van der Waals surface area contributed by atoms with Crippen LogP contribution in [0.15, 0.2) is 60.7 Å². The van der Waals surface area contributed by atoms with Crippen LogP contribution in [0.3, 0.4) is 0 Å². The molecular weight excluding hydrogens is 230 g/mol. The minimum absolute atomic E-state index is 1.34. The van der Waals surface area contributed by atoms with Crippen LogP contribution in [0.2, 0.25) is 0 Å². The lowest BCUT2D eigenvalue weighted by atomic mass is 9.95. The molecule has 0 heterocycles. The molecule has 0 fully saturated rings. The number of benzene rings is 4. The molecule has 0 unspecified atom stereocenters. The van der Waals surface area contributed by atoms with Crippen molar-refractivity contribution in [1.82, 2.24) is 5.32 Å². The second-order valence-corrected chi connectivity index (χ2v) is 4.79. The van der Waals surface area contributed by atoms with Crippen molar-refractivity contribution in [2.75, 3.05) is 14.1 Å². The first-order valence-corrected chi connectivity index (χ1v) is 6.56. The Bertz CT molecular complexity index is 687. The van der Waals surface area contributed by atoms with Gasteiger partial charge in [-0.2, -0.15) is 0 Å². The van der Waals surface area contributed by atoms with Crippen molar-refractivity contribution in [3.63, 3.8) is 0 Å². The fourth-order valence-corrected chi connectivity index (χ4v) is 2.67. The zero-order valence-electron chi connectivity index (χ0n) is 11.3. The summed E-state index contributed by atoms with van der Waals surface area (Å²) in [5.41, 5.74) is 0. The molecule has 0 aliphatic heterocycles. The Morgan fingerprint density at radius 1 is 0.526 bits per heavy atom. The molecule has 0 saturated heterocycles. The lowest BCUT2D eigenvalue weighted by Crippen LogP contribution is -1.89. The van der Waals surface area contributed by atoms with Crippen LogP contribution in [-0.2, 0) is 0 Å². The van der Waals surface area contributed by atoms with E-state index in [2.05, 4.69) is 66.0 Å². The van der Waals surface area contributed by atoms with Gasteiger partial charge in [-0.1, -0.05) is 60.7 Å². The second-order valence-electron chi connectivity index (χ2n) is 4.79. The summed E-state index contributed by atoms with van der Waals surface area (Å²) in [4.78, 5) is 0. The average molecular weight is 247 g/mol. The van der Waals surface area contributed by atoms with Gasteiger partial charge in [-0.25, -0.2) is 0 Å². The first-order chi connectivity index (χ1) is 9.35. The van der Waals surface area contributed by atoms with Crippen LogP contribution < -0.4 is 5.32 Å². The first kappa shape index (κ1) is 11.9. The molecule has 0 aliphatic rings. The fourth-order valence-electron chi connectivity index (χ4n) is 2.67. The van der Waals surface area contributed by atoms with Gasteiger partial charge in [-0.3, -0.25) is 0 Å². The molecule has 1 nitrogen and oxygen atoms in total. The third-order valence-electron chi connectivity index (χ3n) is 3.39. The molecule has 0 radical (unpaired) electrons. The monoisotopic (exact) mass is 247 g/mol. The average Bonchev–Trinajstić information content (AvgIpc) is 2.46. The molecule has 0 atom stereocenters. The molecule has 94 valence electrons. The molecule has 0 bridgehead atoms. The van der Waals surface area contributed by atoms with Crippen LogP contribution in [0.1, 0.15) is 0 Å². The van der Waals surface area contributed by atoms with E-state index < -0.39 is 0 Å². The van der Waals surface area contributed by atoms with Gasteiger partial charge in [-0.05, 0) is 46.4 Å². The highest BCUT2D eigenvalue weighted by molar-refractivity contribution is 6.22. The summed E-state index contributed by atoms with van der Waals surface area (Å²) in [6, 6.07) is 21.9. The molecule has 0 aromatic heterocycles. The van der Waals surface area contributed by atoms with Gasteiger partial charge in [0, 0.05) is 0 Å². The lowest BCUT2D eigenvalue weighted by Gasteiger charge is -2.09. The van der Waals surface area contributed by atoms with Gasteiger partial charge >= 0.3 is 0 Å². The molecule has 4 aromatic carbocycles. The summed E-state index contributed by atoms with van der Waals surface area (Å²) in [7, 11) is 3.75. The minimum Gasteiger partial charge on any atom is -0.323 e.